The lowest BCUT2D eigenvalue weighted by atomic mass is 9.98. The minimum absolute atomic E-state index is 0.0248. The van der Waals surface area contributed by atoms with Crippen LogP contribution in [0.3, 0.4) is 0 Å². The van der Waals surface area contributed by atoms with Gasteiger partial charge < -0.3 is 15.4 Å². The molecule has 1 amide bonds. The Balaban J connectivity index is 1.88. The smallest absolute Gasteiger partial charge is 0.224 e. The summed E-state index contributed by atoms with van der Waals surface area (Å²) >= 11 is 6.13. The average molecular weight is 311 g/mol. The van der Waals surface area contributed by atoms with Gasteiger partial charge in [-0.3, -0.25) is 4.79 Å². The number of carbonyl (C=O) groups is 1. The molecule has 0 aromatic heterocycles. The van der Waals surface area contributed by atoms with E-state index in [0.717, 1.165) is 38.0 Å². The Morgan fingerprint density at radius 1 is 1.43 bits per heavy atom. The highest BCUT2D eigenvalue weighted by atomic mass is 35.5. The average Bonchev–Trinajstić information content (AvgIpc) is 2.50. The van der Waals surface area contributed by atoms with Crippen molar-refractivity contribution in [2.75, 3.05) is 26.2 Å². The lowest BCUT2D eigenvalue weighted by Gasteiger charge is -2.22. The van der Waals surface area contributed by atoms with Gasteiger partial charge in [-0.2, -0.15) is 0 Å². The van der Waals surface area contributed by atoms with Crippen LogP contribution in [0.2, 0.25) is 5.02 Å². The van der Waals surface area contributed by atoms with Gasteiger partial charge in [0.05, 0.1) is 18.1 Å². The lowest BCUT2D eigenvalue weighted by molar-refractivity contribution is -0.120. The molecule has 21 heavy (non-hydrogen) atoms. The largest absolute Gasteiger partial charge is 0.492 e. The fourth-order valence-electron chi connectivity index (χ4n) is 2.58. The number of carbonyl (C=O) groups excluding carboxylic acids is 1. The second kappa shape index (κ2) is 8.25. The van der Waals surface area contributed by atoms with Crippen molar-refractivity contribution >= 4 is 17.5 Å². The molecule has 5 heteroatoms. The monoisotopic (exact) mass is 310 g/mol. The minimum Gasteiger partial charge on any atom is -0.492 e. The predicted molar refractivity (Wildman–Crippen MR) is 84.9 cm³/mol. The van der Waals surface area contributed by atoms with Crippen molar-refractivity contribution in [2.24, 2.45) is 5.92 Å². The number of rotatable bonds is 6. The molecule has 0 radical (unpaired) electrons. The van der Waals surface area contributed by atoms with Crippen LogP contribution in [-0.2, 0) is 11.2 Å². The van der Waals surface area contributed by atoms with Gasteiger partial charge in [0.15, 0.2) is 0 Å². The van der Waals surface area contributed by atoms with Crippen LogP contribution in [0.4, 0.5) is 0 Å². The summed E-state index contributed by atoms with van der Waals surface area (Å²) in [6, 6.07) is 5.52. The number of hydrogen-bond donors (Lipinski definition) is 2. The van der Waals surface area contributed by atoms with Crippen LogP contribution in [0, 0.1) is 5.92 Å². The zero-order valence-corrected chi connectivity index (χ0v) is 13.2. The molecule has 4 nitrogen and oxygen atoms in total. The third-order valence-electron chi connectivity index (χ3n) is 3.73. The molecule has 1 saturated heterocycles. The molecular weight excluding hydrogens is 288 g/mol. The number of ether oxygens (including phenoxy) is 1. The van der Waals surface area contributed by atoms with E-state index in [1.807, 2.05) is 19.1 Å². The highest BCUT2D eigenvalue weighted by molar-refractivity contribution is 6.32. The zero-order valence-electron chi connectivity index (χ0n) is 12.5. The summed E-state index contributed by atoms with van der Waals surface area (Å²) in [7, 11) is 0. The molecule has 0 unspecified atom stereocenters. The van der Waals surface area contributed by atoms with Crippen LogP contribution in [0.15, 0.2) is 18.2 Å². The summed E-state index contributed by atoms with van der Waals surface area (Å²) in [6.07, 6.45) is 2.56. The zero-order chi connectivity index (χ0) is 15.1. The van der Waals surface area contributed by atoms with Gasteiger partial charge in [0.25, 0.3) is 0 Å². The second-order valence-corrected chi connectivity index (χ2v) is 5.74. The molecular formula is C16H23ClN2O2. The Hall–Kier alpha value is -1.26. The molecule has 116 valence electrons. The maximum absolute atomic E-state index is 12.1. The topological polar surface area (TPSA) is 50.4 Å². The van der Waals surface area contributed by atoms with Gasteiger partial charge >= 0.3 is 0 Å². The van der Waals surface area contributed by atoms with Crippen molar-refractivity contribution in [3.63, 3.8) is 0 Å². The van der Waals surface area contributed by atoms with Crippen LogP contribution >= 0.6 is 11.6 Å². The van der Waals surface area contributed by atoms with Crippen LogP contribution in [-0.4, -0.2) is 32.1 Å². The van der Waals surface area contributed by atoms with E-state index in [2.05, 4.69) is 10.6 Å². The fraction of sp³-hybridized carbons (Fsp3) is 0.562. The number of benzene rings is 1. The van der Waals surface area contributed by atoms with E-state index in [-0.39, 0.29) is 5.91 Å². The quantitative estimate of drug-likeness (QED) is 0.848. The van der Waals surface area contributed by atoms with Crippen LogP contribution < -0.4 is 15.4 Å². The number of amides is 1. The number of hydrogen-bond acceptors (Lipinski definition) is 3. The molecule has 0 saturated carbocycles. The van der Waals surface area contributed by atoms with E-state index in [4.69, 9.17) is 16.3 Å². The second-order valence-electron chi connectivity index (χ2n) is 5.34. The molecule has 0 bridgehead atoms. The van der Waals surface area contributed by atoms with Crippen LogP contribution in [0.5, 0.6) is 5.75 Å². The number of piperidine rings is 1. The van der Waals surface area contributed by atoms with Crippen molar-refractivity contribution in [1.82, 2.24) is 10.6 Å². The molecule has 0 spiro atoms. The molecule has 0 aliphatic carbocycles. The van der Waals surface area contributed by atoms with Crippen molar-refractivity contribution in [1.29, 1.82) is 0 Å². The maximum atomic E-state index is 12.1. The highest BCUT2D eigenvalue weighted by Crippen LogP contribution is 2.29. The summed E-state index contributed by atoms with van der Waals surface area (Å²) < 4.78 is 5.54. The van der Waals surface area contributed by atoms with Crippen LogP contribution in [0.1, 0.15) is 25.3 Å². The molecule has 0 atom stereocenters. The third-order valence-corrected chi connectivity index (χ3v) is 4.03. The van der Waals surface area contributed by atoms with Crippen molar-refractivity contribution < 1.29 is 9.53 Å². The Morgan fingerprint density at radius 3 is 2.90 bits per heavy atom. The van der Waals surface area contributed by atoms with E-state index in [1.54, 1.807) is 6.07 Å². The maximum Gasteiger partial charge on any atom is 0.224 e. The Labute approximate surface area is 131 Å². The van der Waals surface area contributed by atoms with Crippen molar-refractivity contribution in [3.8, 4) is 5.75 Å². The van der Waals surface area contributed by atoms with Crippen molar-refractivity contribution in [2.45, 2.75) is 26.2 Å². The Bertz CT molecular complexity index is 473. The first-order valence-electron chi connectivity index (χ1n) is 7.58. The molecule has 1 aliphatic rings. The predicted octanol–water partition coefficient (Wildman–Crippen LogP) is 2.40. The number of halogens is 1. The SMILES string of the molecule is CCOc1c(Cl)cccc1CC(=O)NCC1CCNCC1. The summed E-state index contributed by atoms with van der Waals surface area (Å²) in [6.45, 7) is 5.29. The molecule has 1 heterocycles. The van der Waals surface area contributed by atoms with Gasteiger partial charge in [0.2, 0.25) is 5.91 Å². The standard InChI is InChI=1S/C16H23ClN2O2/c1-2-21-16-13(4-3-5-14(16)17)10-15(20)19-11-12-6-8-18-9-7-12/h3-5,12,18H,2,6-11H2,1H3,(H,19,20). The fourth-order valence-corrected chi connectivity index (χ4v) is 2.83. The number of nitrogens with one attached hydrogen (secondary N) is 2. The lowest BCUT2D eigenvalue weighted by Crippen LogP contribution is -2.36. The molecule has 1 aromatic carbocycles. The van der Waals surface area contributed by atoms with E-state index in [1.165, 1.54) is 0 Å². The number of para-hydroxylation sites is 1. The molecule has 2 N–H and O–H groups in total. The minimum atomic E-state index is 0.0248. The summed E-state index contributed by atoms with van der Waals surface area (Å²) in [5, 5.41) is 6.91. The van der Waals surface area contributed by atoms with Gasteiger partial charge in [-0.05, 0) is 44.8 Å². The molecule has 1 aliphatic heterocycles. The Kier molecular flexibility index (Phi) is 6.33. The van der Waals surface area contributed by atoms with Gasteiger partial charge in [-0.15, -0.1) is 0 Å². The van der Waals surface area contributed by atoms with Crippen LogP contribution in [0.25, 0.3) is 0 Å². The third kappa shape index (κ3) is 4.90. The first-order chi connectivity index (χ1) is 10.2. The van der Waals surface area contributed by atoms with E-state index in [0.29, 0.717) is 29.7 Å². The first-order valence-corrected chi connectivity index (χ1v) is 7.96. The summed E-state index contributed by atoms with van der Waals surface area (Å²) in [5.74, 6) is 1.23. The Morgan fingerprint density at radius 2 is 2.19 bits per heavy atom. The molecule has 1 aromatic rings. The summed E-state index contributed by atoms with van der Waals surface area (Å²) in [5.41, 5.74) is 0.840. The van der Waals surface area contributed by atoms with E-state index in [9.17, 15) is 4.79 Å². The van der Waals surface area contributed by atoms with Gasteiger partial charge in [-0.1, -0.05) is 23.7 Å². The van der Waals surface area contributed by atoms with E-state index < -0.39 is 0 Å². The van der Waals surface area contributed by atoms with Gasteiger partial charge in [0.1, 0.15) is 5.75 Å². The molecule has 1 fully saturated rings. The highest BCUT2D eigenvalue weighted by Gasteiger charge is 2.15. The van der Waals surface area contributed by atoms with Gasteiger partial charge in [0, 0.05) is 12.1 Å². The van der Waals surface area contributed by atoms with Crippen molar-refractivity contribution in [3.05, 3.63) is 28.8 Å². The summed E-state index contributed by atoms with van der Waals surface area (Å²) in [4.78, 5) is 12.1. The normalized spacial score (nSPS) is 15.7. The molecule has 2 rings (SSSR count). The first kappa shape index (κ1) is 16.1. The van der Waals surface area contributed by atoms with Gasteiger partial charge in [-0.25, -0.2) is 0 Å². The van der Waals surface area contributed by atoms with E-state index >= 15 is 0 Å².